The van der Waals surface area contributed by atoms with E-state index in [9.17, 15) is 43.5 Å². The van der Waals surface area contributed by atoms with Crippen LogP contribution >= 0.6 is 0 Å². The predicted octanol–water partition coefficient (Wildman–Crippen LogP) is 4.97. The molecule has 0 aliphatic heterocycles. The number of primary sulfonamides is 1. The first-order valence-corrected chi connectivity index (χ1v) is 9.42. The highest BCUT2D eigenvalue weighted by Crippen LogP contribution is 2.44. The Morgan fingerprint density at radius 3 is 1.94 bits per heavy atom. The Kier molecular flexibility index (Phi) is 5.34. The smallest absolute Gasteiger partial charge is 0.350 e. The van der Waals surface area contributed by atoms with E-state index in [1.54, 1.807) is 0 Å². The van der Waals surface area contributed by atoms with Gasteiger partial charge < -0.3 is 4.52 Å². The molecule has 0 radical (unpaired) electrons. The molecule has 0 aliphatic rings. The summed E-state index contributed by atoms with van der Waals surface area (Å²) in [6.07, 6.45) is -10.1. The van der Waals surface area contributed by atoms with Gasteiger partial charge in [0.1, 0.15) is 17.3 Å². The molecule has 14 heteroatoms. The van der Waals surface area contributed by atoms with Gasteiger partial charge in [0, 0.05) is 5.56 Å². The number of aromatic nitrogens is 1. The summed E-state index contributed by atoms with van der Waals surface area (Å²) in [6, 6.07) is 3.42. The van der Waals surface area contributed by atoms with E-state index >= 15 is 0 Å². The molecule has 0 fully saturated rings. The van der Waals surface area contributed by atoms with E-state index < -0.39 is 72.6 Å². The zero-order chi connectivity index (χ0) is 23.4. The molecular weight excluding hydrogens is 464 g/mol. The van der Waals surface area contributed by atoms with Crippen LogP contribution in [0.15, 0.2) is 45.8 Å². The van der Waals surface area contributed by atoms with Gasteiger partial charge >= 0.3 is 12.4 Å². The molecule has 5 nitrogen and oxygen atoms in total. The number of nitrogens with zero attached hydrogens (tertiary/aromatic N) is 1. The molecular formula is C17H8F8N2O3S. The fourth-order valence-corrected chi connectivity index (χ4v) is 3.43. The van der Waals surface area contributed by atoms with E-state index in [4.69, 9.17) is 0 Å². The number of halogens is 8. The molecule has 0 unspecified atom stereocenters. The van der Waals surface area contributed by atoms with Crippen LogP contribution in [0.25, 0.3) is 22.4 Å². The van der Waals surface area contributed by atoms with E-state index in [1.165, 1.54) is 0 Å². The monoisotopic (exact) mass is 472 g/mol. The van der Waals surface area contributed by atoms with Crippen molar-refractivity contribution in [2.24, 2.45) is 5.14 Å². The maximum atomic E-state index is 14.2. The second-order valence-electron chi connectivity index (χ2n) is 6.13. The van der Waals surface area contributed by atoms with Crippen molar-refractivity contribution in [3.63, 3.8) is 0 Å². The van der Waals surface area contributed by atoms with Crippen LogP contribution in [0.3, 0.4) is 0 Å². The van der Waals surface area contributed by atoms with Gasteiger partial charge in [-0.15, -0.1) is 0 Å². The number of rotatable bonds is 3. The molecule has 166 valence electrons. The van der Waals surface area contributed by atoms with Gasteiger partial charge in [-0.1, -0.05) is 17.3 Å². The first-order valence-electron chi connectivity index (χ1n) is 7.87. The van der Waals surface area contributed by atoms with Crippen LogP contribution in [-0.2, 0) is 22.4 Å². The highest BCUT2D eigenvalue weighted by molar-refractivity contribution is 7.89. The molecule has 0 aliphatic carbocycles. The standard InChI is InChI=1S/C17H8F8N2O3S/c18-10-5-8(6-11(19)14(10)31(26,28)29)12-13(27-30-15(12)17(23,24)25)7-2-1-3-9(4-7)16(20,21)22/h1-6H,(H2,26,28,29). The minimum absolute atomic E-state index is 0.224. The van der Waals surface area contributed by atoms with E-state index in [1.807, 2.05) is 0 Å². The Morgan fingerprint density at radius 1 is 0.871 bits per heavy atom. The molecule has 0 saturated heterocycles. The molecule has 3 aromatic rings. The lowest BCUT2D eigenvalue weighted by Gasteiger charge is -2.11. The van der Waals surface area contributed by atoms with Gasteiger partial charge in [-0.3, -0.25) is 0 Å². The summed E-state index contributed by atoms with van der Waals surface area (Å²) in [5, 5.41) is 7.81. The molecule has 1 aromatic heterocycles. The highest BCUT2D eigenvalue weighted by Gasteiger charge is 2.42. The zero-order valence-electron chi connectivity index (χ0n) is 14.6. The molecule has 31 heavy (non-hydrogen) atoms. The molecule has 0 amide bonds. The third-order valence-corrected chi connectivity index (χ3v) is 4.94. The Balaban J connectivity index is 2.33. The van der Waals surface area contributed by atoms with E-state index in [2.05, 4.69) is 14.8 Å². The topological polar surface area (TPSA) is 86.2 Å². The Bertz CT molecular complexity index is 1240. The molecule has 3 rings (SSSR count). The summed E-state index contributed by atoms with van der Waals surface area (Å²) in [6.45, 7) is 0. The Morgan fingerprint density at radius 2 is 1.45 bits per heavy atom. The molecule has 0 bridgehead atoms. The second kappa shape index (κ2) is 7.30. The van der Waals surface area contributed by atoms with Gasteiger partial charge in [-0.25, -0.2) is 22.3 Å². The zero-order valence-corrected chi connectivity index (χ0v) is 15.5. The van der Waals surface area contributed by atoms with Gasteiger partial charge in [0.2, 0.25) is 15.8 Å². The summed E-state index contributed by atoms with van der Waals surface area (Å²) in [4.78, 5) is -1.60. The van der Waals surface area contributed by atoms with Crippen LogP contribution in [0.4, 0.5) is 35.1 Å². The predicted molar refractivity (Wildman–Crippen MR) is 88.7 cm³/mol. The Hall–Kier alpha value is -3.00. The van der Waals surface area contributed by atoms with Crippen molar-refractivity contribution in [1.82, 2.24) is 5.16 Å². The van der Waals surface area contributed by atoms with Gasteiger partial charge in [-0.05, 0) is 29.8 Å². The van der Waals surface area contributed by atoms with Crippen LogP contribution < -0.4 is 5.14 Å². The lowest BCUT2D eigenvalue weighted by molar-refractivity contribution is -0.155. The highest BCUT2D eigenvalue weighted by atomic mass is 32.2. The van der Waals surface area contributed by atoms with Gasteiger partial charge in [-0.2, -0.15) is 26.3 Å². The van der Waals surface area contributed by atoms with Crippen LogP contribution in [0.1, 0.15) is 11.3 Å². The lowest BCUT2D eigenvalue weighted by atomic mass is 9.97. The molecule has 0 saturated carbocycles. The average Bonchev–Trinajstić information content (AvgIpc) is 3.04. The fraction of sp³-hybridized carbons (Fsp3) is 0.118. The first-order chi connectivity index (χ1) is 14.1. The van der Waals surface area contributed by atoms with Crippen molar-refractivity contribution in [3.8, 4) is 22.4 Å². The van der Waals surface area contributed by atoms with E-state index in [0.717, 1.165) is 12.1 Å². The van der Waals surface area contributed by atoms with Crippen molar-refractivity contribution in [3.05, 3.63) is 59.4 Å². The van der Waals surface area contributed by atoms with Gasteiger partial charge in [0.05, 0.1) is 11.1 Å². The van der Waals surface area contributed by atoms with Crippen molar-refractivity contribution < 1.29 is 48.1 Å². The van der Waals surface area contributed by atoms with Gasteiger partial charge in [0.15, 0.2) is 4.90 Å². The van der Waals surface area contributed by atoms with Gasteiger partial charge in [0.25, 0.3) is 0 Å². The van der Waals surface area contributed by atoms with Crippen molar-refractivity contribution in [2.75, 3.05) is 0 Å². The number of benzene rings is 2. The largest absolute Gasteiger partial charge is 0.453 e. The fourth-order valence-electron chi connectivity index (χ4n) is 2.77. The third-order valence-electron chi connectivity index (χ3n) is 3.98. The third kappa shape index (κ3) is 4.39. The molecule has 1 heterocycles. The molecule has 0 spiro atoms. The molecule has 2 N–H and O–H groups in total. The normalized spacial score (nSPS) is 12.9. The number of alkyl halides is 6. The number of sulfonamides is 1. The summed E-state index contributed by atoms with van der Waals surface area (Å²) in [7, 11) is -4.91. The number of nitrogens with two attached hydrogens (primary N) is 1. The molecule has 2 aromatic carbocycles. The van der Waals surface area contributed by atoms with Crippen LogP contribution in [0.5, 0.6) is 0 Å². The summed E-state index contributed by atoms with van der Waals surface area (Å²) >= 11 is 0. The first kappa shape index (κ1) is 22.7. The van der Waals surface area contributed by atoms with E-state index in [0.29, 0.717) is 12.1 Å². The minimum atomic E-state index is -5.26. The van der Waals surface area contributed by atoms with Crippen LogP contribution in [0, 0.1) is 11.6 Å². The summed E-state index contributed by atoms with van der Waals surface area (Å²) in [5.41, 5.74) is -4.51. The van der Waals surface area contributed by atoms with Crippen LogP contribution in [-0.4, -0.2) is 13.6 Å². The van der Waals surface area contributed by atoms with Crippen molar-refractivity contribution >= 4 is 10.0 Å². The minimum Gasteiger partial charge on any atom is -0.350 e. The summed E-state index contributed by atoms with van der Waals surface area (Å²) < 4.78 is 134. The number of hydrogen-bond donors (Lipinski definition) is 1. The Labute approximate surface area is 168 Å². The average molecular weight is 472 g/mol. The summed E-state index contributed by atoms with van der Waals surface area (Å²) in [5.74, 6) is -5.49. The number of hydrogen-bond acceptors (Lipinski definition) is 4. The molecule has 0 atom stereocenters. The quantitative estimate of drug-likeness (QED) is 0.546. The lowest BCUT2D eigenvalue weighted by Crippen LogP contribution is -2.16. The van der Waals surface area contributed by atoms with Crippen molar-refractivity contribution in [1.29, 1.82) is 0 Å². The van der Waals surface area contributed by atoms with E-state index in [-0.39, 0.29) is 12.1 Å². The maximum Gasteiger partial charge on any atom is 0.453 e. The van der Waals surface area contributed by atoms with Crippen molar-refractivity contribution in [2.45, 2.75) is 17.2 Å². The van der Waals surface area contributed by atoms with Crippen LogP contribution in [0.2, 0.25) is 0 Å². The SMILES string of the molecule is NS(=O)(=O)c1c(F)cc(-c2c(-c3cccc(C(F)(F)F)c3)noc2C(F)(F)F)cc1F. The maximum absolute atomic E-state index is 14.2. The second-order valence-corrected chi connectivity index (χ2v) is 7.62.